The number of ether oxygens (including phenoxy) is 6. The average Bonchev–Trinajstić information content (AvgIpc) is 0.765. The molecule has 0 unspecified atom stereocenters. The van der Waals surface area contributed by atoms with Gasteiger partial charge in [0.1, 0.15) is 95.5 Å². The van der Waals surface area contributed by atoms with Crippen molar-refractivity contribution < 1.29 is 126 Å². The molecule has 14 rings (SSSR count). The van der Waals surface area contributed by atoms with Crippen LogP contribution in [0.5, 0.6) is 46.0 Å². The highest BCUT2D eigenvalue weighted by Gasteiger charge is 2.52. The molecule has 18 atom stereocenters. The molecule has 8 amide bonds. The van der Waals surface area contributed by atoms with Gasteiger partial charge < -0.3 is 123 Å². The van der Waals surface area contributed by atoms with E-state index < -0.39 is 249 Å². The van der Waals surface area contributed by atoms with Crippen LogP contribution in [-0.4, -0.2) is 186 Å². The minimum absolute atomic E-state index is 0.117. The highest BCUT2D eigenvalue weighted by Crippen LogP contribution is 2.50. The minimum atomic E-state index is -4.57. The summed E-state index contributed by atoms with van der Waals surface area (Å²) in [6, 6.07) is 10.2. The summed E-state index contributed by atoms with van der Waals surface area (Å²) in [5.74, 6) is -15.5. The zero-order chi connectivity index (χ0) is 86.1. The number of hydrogen-bond donors (Lipinski definition) is 20. The number of hydrazine groups is 1. The average molecular weight is 1700 g/mol. The number of phenolic OH excluding ortho intramolecular Hbond substituents is 3. The highest BCUT2D eigenvalue weighted by atomic mass is 35.5. The Labute approximate surface area is 685 Å². The number of carbonyl (C=O) groups excluding carboxylic acids is 8. The summed E-state index contributed by atoms with van der Waals surface area (Å²) in [6.45, 7) is 5.44. The molecule has 7 aliphatic rings. The first-order chi connectivity index (χ1) is 56.3. The lowest BCUT2D eigenvalue weighted by Crippen LogP contribution is -2.64. The molecular weight excluding hydrogens is 1610 g/mol. The van der Waals surface area contributed by atoms with Crippen LogP contribution < -0.4 is 73.7 Å². The molecule has 2 fully saturated rings. The van der Waals surface area contributed by atoms with Gasteiger partial charge in [0.25, 0.3) is 5.91 Å². The van der Waals surface area contributed by atoms with Gasteiger partial charge in [-0.05, 0) is 144 Å². The van der Waals surface area contributed by atoms with E-state index in [1.165, 1.54) is 45.2 Å². The number of halogens is 5. The third kappa shape index (κ3) is 19.3. The molecule has 0 aliphatic carbocycles. The summed E-state index contributed by atoms with van der Waals surface area (Å²) in [6.07, 6.45) is -23.5. The quantitative estimate of drug-likeness (QED) is 0.0580. The van der Waals surface area contributed by atoms with Gasteiger partial charge in [-0.25, -0.2) is 5.43 Å². The number of hydrogen-bond acceptors (Lipinski definition) is 26. The van der Waals surface area contributed by atoms with Crippen LogP contribution in [-0.2, 0) is 65.3 Å². The Morgan fingerprint density at radius 3 is 1.87 bits per heavy atom. The molecule has 11 bridgehead atoms. The zero-order valence-corrected chi connectivity index (χ0v) is 65.3. The third-order valence-electron chi connectivity index (χ3n) is 20.8. The number of rotatable bonds is 17. The Hall–Kier alpha value is -11.0. The van der Waals surface area contributed by atoms with E-state index in [1.807, 2.05) is 13.8 Å². The lowest BCUT2D eigenvalue weighted by Gasteiger charge is -2.47. The second kappa shape index (κ2) is 35.9. The van der Waals surface area contributed by atoms with Gasteiger partial charge in [-0.3, -0.25) is 43.8 Å². The molecular formula is C80H86Cl2F3N11O23. The number of alkyl halides is 3. The summed E-state index contributed by atoms with van der Waals surface area (Å²) in [4.78, 5) is 121. The van der Waals surface area contributed by atoms with Gasteiger partial charge in [0, 0.05) is 35.7 Å². The van der Waals surface area contributed by atoms with E-state index in [4.69, 9.17) is 63.1 Å². The maximum Gasteiger partial charge on any atom is 0.416 e. The van der Waals surface area contributed by atoms with E-state index in [0.717, 1.165) is 78.9 Å². The Morgan fingerprint density at radius 1 is 0.681 bits per heavy atom. The first-order valence-electron chi connectivity index (χ1n) is 37.3. The molecule has 0 spiro atoms. The number of amides is 8. The van der Waals surface area contributed by atoms with Crippen molar-refractivity contribution in [1.82, 2.24) is 48.1 Å². The predicted molar refractivity (Wildman–Crippen MR) is 414 cm³/mol. The van der Waals surface area contributed by atoms with Crippen molar-refractivity contribution in [2.75, 3.05) is 13.7 Å². The van der Waals surface area contributed by atoms with Gasteiger partial charge >= 0.3 is 6.18 Å². The van der Waals surface area contributed by atoms with Crippen LogP contribution in [0.4, 0.5) is 13.2 Å². The first-order valence-corrected chi connectivity index (χ1v) is 38.1. The molecule has 7 aromatic rings. The maximum absolute atomic E-state index is 16.3. The third-order valence-corrected chi connectivity index (χ3v) is 21.4. The van der Waals surface area contributed by atoms with Crippen molar-refractivity contribution in [3.8, 4) is 68.2 Å². The van der Waals surface area contributed by atoms with Gasteiger partial charge in [-0.15, -0.1) is 0 Å². The second-order valence-corrected chi connectivity index (χ2v) is 30.8. The molecule has 22 N–H and O–H groups in total. The van der Waals surface area contributed by atoms with Crippen molar-refractivity contribution in [1.29, 1.82) is 0 Å². The number of aliphatic hydroxyl groups excluding tert-OH is 6. The fraction of sp³-hybridized carbons (Fsp3) is 0.375. The van der Waals surface area contributed by atoms with Gasteiger partial charge in [0.05, 0.1) is 46.9 Å². The van der Waals surface area contributed by atoms with Crippen LogP contribution in [0, 0.1) is 5.92 Å². The predicted octanol–water partition coefficient (Wildman–Crippen LogP) is 3.53. The Morgan fingerprint density at radius 2 is 1.28 bits per heavy atom. The number of fused-ring (bicyclic) bond motifs is 15. The van der Waals surface area contributed by atoms with E-state index in [9.17, 15) is 78.3 Å². The van der Waals surface area contributed by atoms with Crippen LogP contribution in [0.25, 0.3) is 22.3 Å². The summed E-state index contributed by atoms with van der Waals surface area (Å²) < 4.78 is 78.7. The number of nitrogens with one attached hydrogen (secondary N) is 9. The molecule has 34 nitrogen and oxygen atoms in total. The zero-order valence-electron chi connectivity index (χ0n) is 63.8. The number of carbonyl (C=O) groups is 8. The number of aliphatic hydroxyl groups is 6. The Balaban J connectivity index is 1.03. The molecule has 7 aliphatic heterocycles. The molecule has 0 saturated carbocycles. The van der Waals surface area contributed by atoms with Crippen molar-refractivity contribution in [3.05, 3.63) is 176 Å². The number of benzene rings is 7. The molecule has 0 aromatic heterocycles. The van der Waals surface area contributed by atoms with Crippen LogP contribution in [0.1, 0.15) is 116 Å². The van der Waals surface area contributed by atoms with E-state index in [0.29, 0.717) is 16.7 Å². The van der Waals surface area contributed by atoms with Gasteiger partial charge in [-0.2, -0.15) is 13.2 Å². The number of nitrogens with two attached hydrogens (primary N) is 2. The van der Waals surface area contributed by atoms with Crippen molar-refractivity contribution in [2.45, 2.75) is 169 Å². The monoisotopic (exact) mass is 1700 g/mol. The van der Waals surface area contributed by atoms with E-state index in [2.05, 4.69) is 48.1 Å². The van der Waals surface area contributed by atoms with E-state index in [1.54, 1.807) is 24.3 Å². The maximum atomic E-state index is 16.3. The standard InChI is InChI=1S/C80H86Cl2F3N11O23/c1-32(2)20-47(88-5)71(107)94-62-64(102)38-13-18-51(45(81)22-38)115-53-24-40-25-54(68(53)119-78-69(67(105)66(104)55(31-97)117-78)118-57-29-79(4,87)70(106)33(3)114-57)116-52-19-14-39(23-46(52)82)65(103)63-76(112)93-61(77(113)96-89-30-34-6-8-35(9-7-34)36-10-15-41(16-11-36)80(83,84)85)44-26-42(98)27-50(100)58(44)43-21-37(12-17-49(43)99)59(73(109)95-63)92-74(110)60(40)91-72(108)48(28-56(86)101)90-75(62)111/h6-19,21-27,32-33,47-48,55,57,59-67,69-70,78,88-89,97-100,102-106H,20,28-31,87H2,1-5H3,(H2,86,101)(H,90,111)(H,91,108)(H,92,110)(H,93,112)(H,94,107)(H,95,109)(H,96,113)/t33-,47+,48-,55+,57-,59+,60+,61-,62+,63-,64+,65+,66+,67-,69+,70+,78-,79-/m0/s1. The Bertz CT molecular complexity index is 5040. The molecule has 634 valence electrons. The minimum Gasteiger partial charge on any atom is -0.508 e. The number of phenols is 3. The van der Waals surface area contributed by atoms with Crippen LogP contribution in [0.15, 0.2) is 127 Å². The van der Waals surface area contributed by atoms with Crippen LogP contribution in [0.3, 0.4) is 0 Å². The van der Waals surface area contributed by atoms with Crippen molar-refractivity contribution in [3.63, 3.8) is 0 Å². The van der Waals surface area contributed by atoms with E-state index >= 15 is 19.2 Å². The van der Waals surface area contributed by atoms with Gasteiger partial charge in [-0.1, -0.05) is 91.6 Å². The molecule has 7 heterocycles. The van der Waals surface area contributed by atoms with Crippen molar-refractivity contribution in [2.24, 2.45) is 17.4 Å². The summed E-state index contributed by atoms with van der Waals surface area (Å²) >= 11 is 14.3. The van der Waals surface area contributed by atoms with Crippen molar-refractivity contribution >= 4 is 70.5 Å². The topological polar surface area (TPSA) is 534 Å². The van der Waals surface area contributed by atoms with Crippen LogP contribution in [0.2, 0.25) is 10.0 Å². The largest absolute Gasteiger partial charge is 0.508 e. The van der Waals surface area contributed by atoms with Gasteiger partial charge in [0.15, 0.2) is 23.9 Å². The van der Waals surface area contributed by atoms with E-state index in [-0.39, 0.29) is 52.8 Å². The SMILES string of the molecule is CN[C@H](CC(C)C)C(=O)N[C@H]1C(=O)N[C@@H](CC(N)=O)C(=O)N[C@H]2C(=O)N[C@H]3C(=O)N[C@H](C(=O)N[C@H](C(=O)NNCc4ccc(-c5ccc(C(F)(F)F)cc5)cc4)c4cc(O)cc(O)c4-c4cc3ccc4O)[C@H](O)c3ccc(c(Cl)c3)Oc3cc2cc(c3O[C@@H]2O[C@H](CO)[C@@H](O)[C@H](O)[C@H]2O[C@H]2C[C@](C)(N)[C@H](O)[C@H](C)O2)Oc2ccc(cc2Cl)[C@H]1O. The summed E-state index contributed by atoms with van der Waals surface area (Å²) in [5, 5.41) is 122. The summed E-state index contributed by atoms with van der Waals surface area (Å²) in [7, 11) is 1.47. The van der Waals surface area contributed by atoms with Crippen LogP contribution >= 0.6 is 23.2 Å². The molecule has 0 radical (unpaired) electrons. The number of likely N-dealkylation sites (N-methyl/N-ethyl adjacent to an activating group) is 1. The molecule has 119 heavy (non-hydrogen) atoms. The van der Waals surface area contributed by atoms with Gasteiger partial charge in [0.2, 0.25) is 53.4 Å². The molecule has 39 heteroatoms. The fourth-order valence-corrected chi connectivity index (χ4v) is 14.9. The number of aromatic hydroxyl groups is 3. The number of primary amides is 1. The Kier molecular flexibility index (Phi) is 26.3. The lowest BCUT2D eigenvalue weighted by molar-refractivity contribution is -0.333. The summed E-state index contributed by atoms with van der Waals surface area (Å²) in [5.41, 5.74) is 13.9. The smallest absolute Gasteiger partial charge is 0.416 e. The second-order valence-electron chi connectivity index (χ2n) is 30.0. The fourth-order valence-electron chi connectivity index (χ4n) is 14.5. The molecule has 2 saturated heterocycles. The highest BCUT2D eigenvalue weighted by molar-refractivity contribution is 6.32. The molecule has 7 aromatic carbocycles. The normalized spacial score (nSPS) is 26.9. The first kappa shape index (κ1) is 87.3. The lowest BCUT2D eigenvalue weighted by atomic mass is 9.86.